The summed E-state index contributed by atoms with van der Waals surface area (Å²) in [5.74, 6) is -3.87. The number of alkyl carbamates (subject to hydrolysis) is 4. The molecule has 5 aromatic rings. The van der Waals surface area contributed by atoms with Crippen molar-refractivity contribution in [3.63, 3.8) is 0 Å². The van der Waals surface area contributed by atoms with Crippen LogP contribution in [0.25, 0.3) is 0 Å². The third-order valence-electron chi connectivity index (χ3n) is 19.9. The molecular weight excluding hydrogens is 1740 g/mol. The molecule has 0 saturated heterocycles. The quantitative estimate of drug-likeness (QED) is 0.0186. The molecule has 0 radical (unpaired) electrons. The number of benzene rings is 4. The molecule has 0 fully saturated rings. The number of nitrogens with two attached hydrogens (primary N) is 4. The van der Waals surface area contributed by atoms with Gasteiger partial charge >= 0.3 is 24.4 Å². The van der Waals surface area contributed by atoms with Gasteiger partial charge in [-0.15, -0.1) is 0 Å². The number of aromatic nitrogens is 2. The summed E-state index contributed by atoms with van der Waals surface area (Å²) in [4.78, 5) is 181. The van der Waals surface area contributed by atoms with Gasteiger partial charge in [0.2, 0.25) is 53.2 Å². The topological polar surface area (TPSA) is 554 Å². The molecule has 4 aromatic carbocycles. The van der Waals surface area contributed by atoms with Crippen LogP contribution in [0.2, 0.25) is 20.1 Å². The standard InChI is InChI=1S/C86H127Cl4N21O17/c87-65-22-5-1-18-60(65)55-125-83(121)105-36-13-9-26-69(91)78(116)101-45-41-96-74(112)32-50-110(51-33-75(113)97-42-46-102-79(117)70(92)27-10-14-37-106-84(122)126-56-61-19-2-6-23-66(61)88)49-17-30-73(82(120)100-40-31-64-54-95-59-109-64)111(52-34-76(114)98-43-47-103-80(118)71(93)28-11-15-38-107-85(123)127-57-62-20-3-7-24-67(62)89)53-35-77(115)99-44-48-104-81(119)72(94)29-12-16-39-108-86(124)128-58-63-21-4-8-25-68(63)90/h1-8,18-25,54,59,69-73H,9-17,26-53,55-58,91-94H2,(H,95,109)(H,96,112)(H,97,113)(H,98,114)(H,99,115)(H,100,120)(H,101,116)(H,102,117)(H,103,118)(H,104,119)(H,105,121)(H,106,122)(H,107,123)(H,108,124)/t69-,70-,71-,72-,73-/m0/s1. The molecule has 706 valence electrons. The molecule has 42 heteroatoms. The zero-order chi connectivity index (χ0) is 92.9. The van der Waals surface area contributed by atoms with Gasteiger partial charge in [0.15, 0.2) is 0 Å². The Morgan fingerprint density at radius 2 is 0.602 bits per heavy atom. The maximum atomic E-state index is 14.7. The summed E-state index contributed by atoms with van der Waals surface area (Å²) >= 11 is 24.6. The minimum absolute atomic E-state index is 0.000221. The van der Waals surface area contributed by atoms with Crippen LogP contribution in [0.5, 0.6) is 0 Å². The fourth-order valence-electron chi connectivity index (χ4n) is 12.5. The molecule has 0 unspecified atom stereocenters. The van der Waals surface area contributed by atoms with E-state index >= 15 is 0 Å². The van der Waals surface area contributed by atoms with Crippen molar-refractivity contribution in [2.75, 3.05) is 118 Å². The Morgan fingerprint density at radius 1 is 0.320 bits per heavy atom. The van der Waals surface area contributed by atoms with Crippen LogP contribution in [0.1, 0.15) is 144 Å². The van der Waals surface area contributed by atoms with E-state index < -0.39 is 95.9 Å². The lowest BCUT2D eigenvalue weighted by atomic mass is 10.1. The van der Waals surface area contributed by atoms with Gasteiger partial charge in [-0.25, -0.2) is 24.2 Å². The molecule has 22 N–H and O–H groups in total. The summed E-state index contributed by atoms with van der Waals surface area (Å²) in [5, 5.41) is 37.7. The van der Waals surface area contributed by atoms with Gasteiger partial charge in [-0.05, 0) is 121 Å². The maximum Gasteiger partial charge on any atom is 0.407 e. The van der Waals surface area contributed by atoms with Crippen molar-refractivity contribution in [2.45, 2.75) is 179 Å². The first-order valence-corrected chi connectivity index (χ1v) is 44.7. The van der Waals surface area contributed by atoms with Gasteiger partial charge in [-0.3, -0.25) is 48.1 Å². The molecule has 0 bridgehead atoms. The highest BCUT2D eigenvalue weighted by molar-refractivity contribution is 6.32. The monoisotopic (exact) mass is 1870 g/mol. The lowest BCUT2D eigenvalue weighted by Gasteiger charge is -2.31. The number of ether oxygens (including phenoxy) is 4. The van der Waals surface area contributed by atoms with Gasteiger partial charge in [-0.1, -0.05) is 119 Å². The fraction of sp³-hybridized carbons (Fsp3) is 0.535. The Labute approximate surface area is 766 Å². The van der Waals surface area contributed by atoms with Crippen molar-refractivity contribution in [3.05, 3.63) is 158 Å². The SMILES string of the molecule is N[C@@H](CCCCNC(=O)OCc1ccccc1Cl)C(=O)NCCNC(=O)CCN(CCC[C@@H](C(=O)NCCc1c[nH]cn1)N(CCC(=O)NCCNC(=O)[C@@H](N)CCCCNC(=O)OCc1ccccc1Cl)CCC(=O)NCCNC(=O)[C@@H](N)CCCCNC(=O)OCc1ccccc1Cl)CCC(=O)NCCNC(=O)[C@@H](N)CCCCNC(=O)OCc1ccccc1Cl. The van der Waals surface area contributed by atoms with Crippen LogP contribution in [0.15, 0.2) is 110 Å². The Hall–Kier alpha value is -10.7. The second-order valence-electron chi connectivity index (χ2n) is 30.0. The first kappa shape index (κ1) is 108. The number of amides is 13. The molecular formula is C86H127Cl4N21O17. The molecule has 0 saturated carbocycles. The van der Waals surface area contributed by atoms with E-state index in [0.29, 0.717) is 132 Å². The van der Waals surface area contributed by atoms with Crippen LogP contribution in [0, 0.1) is 0 Å². The van der Waals surface area contributed by atoms with Crippen LogP contribution in [-0.2, 0) is 94.9 Å². The van der Waals surface area contributed by atoms with Crippen LogP contribution >= 0.6 is 46.4 Å². The number of hydrogen-bond donors (Lipinski definition) is 18. The average Bonchev–Trinajstić information content (AvgIpc) is 0.961. The first-order valence-electron chi connectivity index (χ1n) is 43.2. The zero-order valence-electron chi connectivity index (χ0n) is 72.4. The third-order valence-corrected chi connectivity index (χ3v) is 21.4. The Balaban J connectivity index is 1.19. The molecule has 0 aliphatic carbocycles. The summed E-state index contributed by atoms with van der Waals surface area (Å²) in [6, 6.07) is 23.5. The number of H-pyrrole nitrogens is 1. The molecule has 1 heterocycles. The highest BCUT2D eigenvalue weighted by Crippen LogP contribution is 2.21. The van der Waals surface area contributed by atoms with E-state index in [4.69, 9.17) is 88.3 Å². The molecule has 0 spiro atoms. The molecule has 13 amide bonds. The van der Waals surface area contributed by atoms with E-state index in [9.17, 15) is 62.3 Å². The van der Waals surface area contributed by atoms with Crippen LogP contribution in [-0.4, -0.2) is 245 Å². The van der Waals surface area contributed by atoms with Gasteiger partial charge in [0.05, 0.1) is 42.2 Å². The Bertz CT molecular complexity index is 3980. The second-order valence-corrected chi connectivity index (χ2v) is 31.6. The van der Waals surface area contributed by atoms with Crippen LogP contribution < -0.4 is 92.1 Å². The van der Waals surface area contributed by atoms with Gasteiger partial charge in [-0.2, -0.15) is 0 Å². The lowest BCUT2D eigenvalue weighted by molar-refractivity contribution is -0.129. The Morgan fingerprint density at radius 3 is 0.891 bits per heavy atom. The van der Waals surface area contributed by atoms with Crippen LogP contribution in [0.3, 0.4) is 0 Å². The largest absolute Gasteiger partial charge is 0.445 e. The number of carbonyl (C=O) groups excluding carboxylic acids is 13. The van der Waals surface area contributed by atoms with Gasteiger partial charge < -0.3 is 121 Å². The third kappa shape index (κ3) is 48.5. The molecule has 1 aromatic heterocycles. The number of nitrogens with one attached hydrogen (secondary N) is 14. The van der Waals surface area contributed by atoms with Crippen molar-refractivity contribution in [1.29, 1.82) is 0 Å². The number of nitrogens with zero attached hydrogens (tertiary/aromatic N) is 3. The zero-order valence-corrected chi connectivity index (χ0v) is 75.4. The number of unbranched alkanes of at least 4 members (excludes halogenated alkanes) is 4. The second kappa shape index (κ2) is 65.0. The number of halogens is 4. The predicted molar refractivity (Wildman–Crippen MR) is 485 cm³/mol. The Kier molecular flexibility index (Phi) is 54.7. The minimum Gasteiger partial charge on any atom is -0.445 e. The normalized spacial score (nSPS) is 12.2. The number of carbonyl (C=O) groups is 13. The predicted octanol–water partition coefficient (Wildman–Crippen LogP) is 4.62. The van der Waals surface area contributed by atoms with E-state index in [1.807, 2.05) is 4.90 Å². The van der Waals surface area contributed by atoms with Crippen molar-refractivity contribution in [3.8, 4) is 0 Å². The molecule has 0 aliphatic heterocycles. The fourth-order valence-corrected chi connectivity index (χ4v) is 13.3. The minimum atomic E-state index is -0.984. The van der Waals surface area contributed by atoms with Crippen molar-refractivity contribution >= 4 is 124 Å². The van der Waals surface area contributed by atoms with Gasteiger partial charge in [0.1, 0.15) is 26.4 Å². The van der Waals surface area contributed by atoms with Crippen molar-refractivity contribution in [2.24, 2.45) is 22.9 Å². The summed E-state index contributed by atoms with van der Waals surface area (Å²) in [6.45, 7) is 1.93. The van der Waals surface area contributed by atoms with Crippen molar-refractivity contribution < 1.29 is 81.3 Å². The summed E-state index contributed by atoms with van der Waals surface area (Å²) in [6.07, 6.45) is 6.32. The van der Waals surface area contributed by atoms with E-state index in [0.717, 1.165) is 0 Å². The van der Waals surface area contributed by atoms with E-state index in [1.54, 1.807) is 108 Å². The van der Waals surface area contributed by atoms with Crippen LogP contribution in [0.4, 0.5) is 19.2 Å². The summed E-state index contributed by atoms with van der Waals surface area (Å²) in [5.41, 5.74) is 28.1. The molecule has 38 nitrogen and oxygen atoms in total. The molecule has 0 aliphatic rings. The lowest BCUT2D eigenvalue weighted by Crippen LogP contribution is -2.50. The first-order chi connectivity index (χ1) is 61.7. The van der Waals surface area contributed by atoms with Gasteiger partial charge in [0.25, 0.3) is 0 Å². The van der Waals surface area contributed by atoms with Crippen molar-refractivity contribution in [1.82, 2.24) is 88.9 Å². The summed E-state index contributed by atoms with van der Waals surface area (Å²) < 4.78 is 21.0. The number of hydrogen-bond acceptors (Lipinski definition) is 24. The van der Waals surface area contributed by atoms with E-state index in [-0.39, 0.29) is 195 Å². The molecule has 5 rings (SSSR count). The summed E-state index contributed by atoms with van der Waals surface area (Å²) in [7, 11) is 0. The number of imidazole rings is 1. The van der Waals surface area contributed by atoms with E-state index in [2.05, 4.69) is 79.1 Å². The number of aromatic amines is 1. The van der Waals surface area contributed by atoms with Gasteiger partial charge in [0, 0.05) is 192 Å². The average molecular weight is 1870 g/mol. The van der Waals surface area contributed by atoms with E-state index in [1.165, 1.54) is 6.33 Å². The number of rotatable bonds is 65. The molecule has 5 atom stereocenters. The highest BCUT2D eigenvalue weighted by atomic mass is 35.5. The smallest absolute Gasteiger partial charge is 0.407 e. The highest BCUT2D eigenvalue weighted by Gasteiger charge is 2.29. The maximum absolute atomic E-state index is 14.7. The molecule has 128 heavy (non-hydrogen) atoms.